The fraction of sp³-hybridized carbons (Fsp3) is 0.467. The summed E-state index contributed by atoms with van der Waals surface area (Å²) in [5.41, 5.74) is 0.896. The number of phenolic OH excluding ortho intramolecular Hbond substituents is 1. The van der Waals surface area contributed by atoms with Crippen molar-refractivity contribution in [1.29, 1.82) is 0 Å². The van der Waals surface area contributed by atoms with E-state index in [1.165, 1.54) is 6.07 Å². The van der Waals surface area contributed by atoms with Crippen LogP contribution >= 0.6 is 0 Å². The van der Waals surface area contributed by atoms with Gasteiger partial charge in [-0.05, 0) is 31.9 Å². The van der Waals surface area contributed by atoms with Crippen molar-refractivity contribution in [3.63, 3.8) is 0 Å². The molecule has 0 aliphatic heterocycles. The number of aliphatic carboxylic acids is 1. The van der Waals surface area contributed by atoms with Gasteiger partial charge in [-0.15, -0.1) is 0 Å². The molecule has 108 valence electrons. The Balaban J connectivity index is 2.14. The molecule has 5 heteroatoms. The molecule has 2 rings (SSSR count). The summed E-state index contributed by atoms with van der Waals surface area (Å²) in [6.45, 7) is 1.67. The maximum Gasteiger partial charge on any atom is 0.308 e. The maximum atomic E-state index is 12.2. The van der Waals surface area contributed by atoms with Crippen LogP contribution in [0.1, 0.15) is 41.6 Å². The molecule has 0 radical (unpaired) electrons. The van der Waals surface area contributed by atoms with E-state index in [4.69, 9.17) is 0 Å². The molecule has 5 nitrogen and oxygen atoms in total. The number of phenols is 1. The number of carboxylic acid groups (broad SMARTS) is 1. The number of rotatable bonds is 3. The van der Waals surface area contributed by atoms with Crippen molar-refractivity contribution in [3.05, 3.63) is 29.3 Å². The third-order valence-electron chi connectivity index (χ3n) is 3.95. The van der Waals surface area contributed by atoms with E-state index in [0.29, 0.717) is 24.0 Å². The Bertz CT molecular complexity index is 527. The molecule has 1 fully saturated rings. The van der Waals surface area contributed by atoms with Gasteiger partial charge in [-0.3, -0.25) is 9.59 Å². The van der Waals surface area contributed by atoms with Gasteiger partial charge in [-0.2, -0.15) is 0 Å². The lowest BCUT2D eigenvalue weighted by Crippen LogP contribution is -2.45. The van der Waals surface area contributed by atoms with Crippen LogP contribution in [0.5, 0.6) is 5.75 Å². The first kappa shape index (κ1) is 14.4. The highest BCUT2D eigenvalue weighted by atomic mass is 16.4. The third-order valence-corrected chi connectivity index (χ3v) is 3.95. The van der Waals surface area contributed by atoms with Crippen LogP contribution in [0.2, 0.25) is 0 Å². The molecule has 1 aromatic carbocycles. The second-order valence-corrected chi connectivity index (χ2v) is 5.26. The molecule has 0 saturated heterocycles. The summed E-state index contributed by atoms with van der Waals surface area (Å²) in [5, 5.41) is 21.6. The number of amides is 1. The van der Waals surface area contributed by atoms with E-state index in [1.54, 1.807) is 19.1 Å². The molecule has 20 heavy (non-hydrogen) atoms. The summed E-state index contributed by atoms with van der Waals surface area (Å²) in [6, 6.07) is 4.42. The van der Waals surface area contributed by atoms with Crippen molar-refractivity contribution in [3.8, 4) is 5.75 Å². The van der Waals surface area contributed by atoms with Gasteiger partial charge in [-0.25, -0.2) is 0 Å². The minimum atomic E-state index is -0.859. The zero-order valence-electron chi connectivity index (χ0n) is 11.4. The first-order valence-corrected chi connectivity index (χ1v) is 6.83. The number of carboxylic acids is 1. The molecule has 1 aromatic rings. The fourth-order valence-electron chi connectivity index (χ4n) is 2.71. The predicted molar refractivity (Wildman–Crippen MR) is 73.7 cm³/mol. The summed E-state index contributed by atoms with van der Waals surface area (Å²) < 4.78 is 0. The van der Waals surface area contributed by atoms with E-state index in [-0.39, 0.29) is 17.7 Å². The lowest BCUT2D eigenvalue weighted by atomic mass is 9.84. The monoisotopic (exact) mass is 277 g/mol. The molecule has 1 saturated carbocycles. The number of hydrogen-bond donors (Lipinski definition) is 3. The van der Waals surface area contributed by atoms with Gasteiger partial charge in [0, 0.05) is 17.2 Å². The Morgan fingerprint density at radius 2 is 1.95 bits per heavy atom. The van der Waals surface area contributed by atoms with Crippen LogP contribution in [-0.2, 0) is 4.79 Å². The quantitative estimate of drug-likeness (QED) is 0.789. The average molecular weight is 277 g/mol. The van der Waals surface area contributed by atoms with E-state index in [2.05, 4.69) is 5.32 Å². The first-order valence-electron chi connectivity index (χ1n) is 6.83. The molecule has 2 unspecified atom stereocenters. The van der Waals surface area contributed by atoms with E-state index < -0.39 is 11.9 Å². The number of carbonyl (C=O) groups is 2. The molecule has 1 aliphatic rings. The molecule has 0 heterocycles. The lowest BCUT2D eigenvalue weighted by molar-refractivity contribution is -0.143. The van der Waals surface area contributed by atoms with Crippen molar-refractivity contribution >= 4 is 11.9 Å². The molecule has 1 amide bonds. The predicted octanol–water partition coefficient (Wildman–Crippen LogP) is 2.07. The highest BCUT2D eigenvalue weighted by molar-refractivity contribution is 5.96. The standard InChI is InChI=1S/C15H19NO4/c1-9-10(6-4-8-13(9)17)14(18)16-12-7-3-2-5-11(12)15(19)20/h4,6,8,11-12,17H,2-3,5,7H2,1H3,(H,16,18)(H,19,20). The number of aromatic hydroxyl groups is 1. The molecule has 3 N–H and O–H groups in total. The van der Waals surface area contributed by atoms with E-state index >= 15 is 0 Å². The molecule has 1 aliphatic carbocycles. The fourth-order valence-corrected chi connectivity index (χ4v) is 2.71. The Labute approximate surface area is 117 Å². The highest BCUT2D eigenvalue weighted by Gasteiger charge is 2.32. The van der Waals surface area contributed by atoms with Gasteiger partial charge in [0.05, 0.1) is 5.92 Å². The van der Waals surface area contributed by atoms with Crippen LogP contribution in [0.25, 0.3) is 0 Å². The van der Waals surface area contributed by atoms with Crippen LogP contribution in [0.15, 0.2) is 18.2 Å². The molecular weight excluding hydrogens is 258 g/mol. The van der Waals surface area contributed by atoms with Gasteiger partial charge in [0.1, 0.15) is 5.75 Å². The molecule has 0 spiro atoms. The van der Waals surface area contributed by atoms with Crippen LogP contribution in [0.4, 0.5) is 0 Å². The molecule has 0 bridgehead atoms. The summed E-state index contributed by atoms with van der Waals surface area (Å²) in [7, 11) is 0. The largest absolute Gasteiger partial charge is 0.508 e. The van der Waals surface area contributed by atoms with Crippen molar-refractivity contribution < 1.29 is 19.8 Å². The Morgan fingerprint density at radius 1 is 1.25 bits per heavy atom. The van der Waals surface area contributed by atoms with Gasteiger partial charge in [-0.1, -0.05) is 18.9 Å². The minimum Gasteiger partial charge on any atom is -0.508 e. The summed E-state index contributed by atoms with van der Waals surface area (Å²) in [4.78, 5) is 23.5. The van der Waals surface area contributed by atoms with E-state index in [0.717, 1.165) is 12.8 Å². The van der Waals surface area contributed by atoms with Gasteiger partial charge in [0.2, 0.25) is 0 Å². The van der Waals surface area contributed by atoms with Gasteiger partial charge < -0.3 is 15.5 Å². The lowest BCUT2D eigenvalue weighted by Gasteiger charge is -2.29. The average Bonchev–Trinajstić information content (AvgIpc) is 2.42. The van der Waals surface area contributed by atoms with Gasteiger partial charge in [0.15, 0.2) is 0 Å². The topological polar surface area (TPSA) is 86.6 Å². The van der Waals surface area contributed by atoms with Gasteiger partial charge in [0.25, 0.3) is 5.91 Å². The van der Waals surface area contributed by atoms with Crippen LogP contribution in [0, 0.1) is 12.8 Å². The molecular formula is C15H19NO4. The smallest absolute Gasteiger partial charge is 0.308 e. The minimum absolute atomic E-state index is 0.0658. The second kappa shape index (κ2) is 5.94. The van der Waals surface area contributed by atoms with Crippen LogP contribution in [-0.4, -0.2) is 28.1 Å². The van der Waals surface area contributed by atoms with Crippen LogP contribution in [0.3, 0.4) is 0 Å². The Kier molecular flexibility index (Phi) is 4.27. The Morgan fingerprint density at radius 3 is 2.65 bits per heavy atom. The summed E-state index contributed by atoms with van der Waals surface area (Å²) >= 11 is 0. The zero-order chi connectivity index (χ0) is 14.7. The molecule has 2 atom stereocenters. The first-order chi connectivity index (χ1) is 9.50. The molecule has 0 aromatic heterocycles. The van der Waals surface area contributed by atoms with Gasteiger partial charge >= 0.3 is 5.97 Å². The van der Waals surface area contributed by atoms with E-state index in [1.807, 2.05) is 0 Å². The Hall–Kier alpha value is -2.04. The summed E-state index contributed by atoms with van der Waals surface area (Å²) in [5.74, 6) is -1.64. The second-order valence-electron chi connectivity index (χ2n) is 5.26. The normalized spacial score (nSPS) is 22.2. The van der Waals surface area contributed by atoms with E-state index in [9.17, 15) is 19.8 Å². The SMILES string of the molecule is Cc1c(O)cccc1C(=O)NC1CCCCC1C(=O)O. The number of nitrogens with one attached hydrogen (secondary N) is 1. The zero-order valence-corrected chi connectivity index (χ0v) is 11.4. The number of carbonyl (C=O) groups excluding carboxylic acids is 1. The van der Waals surface area contributed by atoms with Crippen LogP contribution < -0.4 is 5.32 Å². The highest BCUT2D eigenvalue weighted by Crippen LogP contribution is 2.26. The van der Waals surface area contributed by atoms with Crippen molar-refractivity contribution in [1.82, 2.24) is 5.32 Å². The summed E-state index contributed by atoms with van der Waals surface area (Å²) in [6.07, 6.45) is 3.09. The maximum absolute atomic E-state index is 12.2. The number of benzene rings is 1. The van der Waals surface area contributed by atoms with Crippen molar-refractivity contribution in [2.24, 2.45) is 5.92 Å². The third kappa shape index (κ3) is 2.92. The van der Waals surface area contributed by atoms with Crippen molar-refractivity contribution in [2.75, 3.05) is 0 Å². The van der Waals surface area contributed by atoms with Crippen molar-refractivity contribution in [2.45, 2.75) is 38.6 Å². The number of hydrogen-bond acceptors (Lipinski definition) is 3.